The Labute approximate surface area is 182 Å². The molecule has 1 amide bonds. The normalized spacial score (nSPS) is 29.3. The summed E-state index contributed by atoms with van der Waals surface area (Å²) in [6.07, 6.45) is 4.13. The first kappa shape index (κ1) is 20.5. The second-order valence-corrected chi connectivity index (χ2v) is 8.92. The van der Waals surface area contributed by atoms with Crippen LogP contribution in [0.2, 0.25) is 0 Å². The number of benzene rings is 1. The van der Waals surface area contributed by atoms with E-state index in [9.17, 15) is 4.79 Å². The summed E-state index contributed by atoms with van der Waals surface area (Å²) in [5, 5.41) is 18.7. The van der Waals surface area contributed by atoms with Crippen molar-refractivity contribution in [1.82, 2.24) is 35.7 Å². The van der Waals surface area contributed by atoms with Gasteiger partial charge in [0.05, 0.1) is 30.9 Å². The number of hydrogen-bond donors (Lipinski definition) is 2. The van der Waals surface area contributed by atoms with Crippen molar-refractivity contribution in [3.63, 3.8) is 0 Å². The molecule has 3 atom stereocenters. The molecule has 0 spiro atoms. The standard InChI is InChI=1S/C22H31N7O2/c30-21(24-15-20-25-26-27-29(20)18-4-2-1-3-5-18)22-8-6-19(28-10-12-31-13-11-28)14-17(22)7-9-23-16-22/h1-5,17,19,23H,6-16H2,(H,24,30)/t17-,19?,22-/m1/s1. The van der Waals surface area contributed by atoms with Crippen molar-refractivity contribution in [1.29, 1.82) is 0 Å². The molecule has 1 aliphatic carbocycles. The van der Waals surface area contributed by atoms with E-state index in [2.05, 4.69) is 31.1 Å². The number of nitrogens with one attached hydrogen (secondary N) is 2. The van der Waals surface area contributed by atoms with Gasteiger partial charge in [-0.25, -0.2) is 0 Å². The van der Waals surface area contributed by atoms with Gasteiger partial charge in [0, 0.05) is 25.7 Å². The predicted molar refractivity (Wildman–Crippen MR) is 114 cm³/mol. The zero-order chi connectivity index (χ0) is 21.1. The van der Waals surface area contributed by atoms with Gasteiger partial charge in [-0.1, -0.05) is 18.2 Å². The molecule has 3 heterocycles. The molecule has 3 fully saturated rings. The van der Waals surface area contributed by atoms with Crippen molar-refractivity contribution in [2.75, 3.05) is 39.4 Å². The summed E-state index contributed by atoms with van der Waals surface area (Å²) >= 11 is 0. The maximum absolute atomic E-state index is 13.5. The average Bonchev–Trinajstić information content (AvgIpc) is 3.32. The number of hydrogen-bond acceptors (Lipinski definition) is 7. The molecule has 9 nitrogen and oxygen atoms in total. The predicted octanol–water partition coefficient (Wildman–Crippen LogP) is 0.759. The summed E-state index contributed by atoms with van der Waals surface area (Å²) in [5.41, 5.74) is 0.546. The van der Waals surface area contributed by atoms with Gasteiger partial charge < -0.3 is 15.4 Å². The fourth-order valence-electron chi connectivity index (χ4n) is 5.59. The average molecular weight is 426 g/mol. The highest BCUT2D eigenvalue weighted by Crippen LogP contribution is 2.46. The van der Waals surface area contributed by atoms with Crippen LogP contribution in [0.25, 0.3) is 5.69 Å². The molecule has 5 rings (SSSR count). The molecule has 2 saturated heterocycles. The molecule has 1 saturated carbocycles. The number of tetrazole rings is 1. The number of para-hydroxylation sites is 1. The zero-order valence-electron chi connectivity index (χ0n) is 17.9. The molecule has 166 valence electrons. The van der Waals surface area contributed by atoms with E-state index < -0.39 is 0 Å². The highest BCUT2D eigenvalue weighted by atomic mass is 16.5. The minimum atomic E-state index is -0.341. The molecule has 3 aliphatic rings. The monoisotopic (exact) mass is 425 g/mol. The van der Waals surface area contributed by atoms with E-state index in [-0.39, 0.29) is 11.3 Å². The minimum Gasteiger partial charge on any atom is -0.379 e. The lowest BCUT2D eigenvalue weighted by molar-refractivity contribution is -0.140. The number of piperidine rings is 1. The molecule has 2 aliphatic heterocycles. The summed E-state index contributed by atoms with van der Waals surface area (Å²) in [5.74, 6) is 1.17. The first-order valence-electron chi connectivity index (χ1n) is 11.4. The fraction of sp³-hybridized carbons (Fsp3) is 0.636. The molecule has 1 aromatic heterocycles. The van der Waals surface area contributed by atoms with E-state index in [4.69, 9.17) is 4.74 Å². The smallest absolute Gasteiger partial charge is 0.228 e. The number of rotatable bonds is 5. The summed E-state index contributed by atoms with van der Waals surface area (Å²) < 4.78 is 7.21. The topological polar surface area (TPSA) is 97.2 Å². The van der Waals surface area contributed by atoms with E-state index in [1.807, 2.05) is 30.3 Å². The van der Waals surface area contributed by atoms with Crippen molar-refractivity contribution < 1.29 is 9.53 Å². The van der Waals surface area contributed by atoms with E-state index in [0.29, 0.717) is 24.3 Å². The molecule has 0 radical (unpaired) electrons. The first-order chi connectivity index (χ1) is 15.3. The van der Waals surface area contributed by atoms with Gasteiger partial charge in [0.2, 0.25) is 5.91 Å². The van der Waals surface area contributed by atoms with Crippen LogP contribution >= 0.6 is 0 Å². The van der Waals surface area contributed by atoms with Crippen LogP contribution in [0.3, 0.4) is 0 Å². The Kier molecular flexibility index (Phi) is 5.97. The van der Waals surface area contributed by atoms with Crippen LogP contribution in [0.5, 0.6) is 0 Å². The van der Waals surface area contributed by atoms with Crippen LogP contribution in [0.4, 0.5) is 0 Å². The summed E-state index contributed by atoms with van der Waals surface area (Å²) in [7, 11) is 0. The molecule has 2 N–H and O–H groups in total. The fourth-order valence-corrected chi connectivity index (χ4v) is 5.59. The van der Waals surface area contributed by atoms with Crippen molar-refractivity contribution in [2.24, 2.45) is 11.3 Å². The number of fused-ring (bicyclic) bond motifs is 1. The van der Waals surface area contributed by atoms with Crippen molar-refractivity contribution in [2.45, 2.75) is 38.3 Å². The maximum Gasteiger partial charge on any atom is 0.228 e. The van der Waals surface area contributed by atoms with Crippen LogP contribution in [-0.4, -0.2) is 76.4 Å². The van der Waals surface area contributed by atoms with Gasteiger partial charge >= 0.3 is 0 Å². The molecular weight excluding hydrogens is 394 g/mol. The molecule has 0 bridgehead atoms. The summed E-state index contributed by atoms with van der Waals surface area (Å²) in [6, 6.07) is 10.3. The highest BCUT2D eigenvalue weighted by Gasteiger charge is 2.50. The molecule has 1 unspecified atom stereocenters. The Hall–Kier alpha value is -2.36. The van der Waals surface area contributed by atoms with Crippen LogP contribution in [-0.2, 0) is 16.1 Å². The van der Waals surface area contributed by atoms with Crippen LogP contribution in [0, 0.1) is 11.3 Å². The molecule has 2 aromatic rings. The van der Waals surface area contributed by atoms with Gasteiger partial charge in [0.15, 0.2) is 5.82 Å². The molecule has 1 aromatic carbocycles. The van der Waals surface area contributed by atoms with Gasteiger partial charge in [0.1, 0.15) is 0 Å². The lowest BCUT2D eigenvalue weighted by atomic mass is 9.61. The van der Waals surface area contributed by atoms with E-state index >= 15 is 0 Å². The number of carbonyl (C=O) groups excluding carboxylic acids is 1. The number of nitrogens with zero attached hydrogens (tertiary/aromatic N) is 5. The minimum absolute atomic E-state index is 0.132. The van der Waals surface area contributed by atoms with Gasteiger partial charge in [-0.05, 0) is 60.7 Å². The number of ether oxygens (including phenoxy) is 1. The van der Waals surface area contributed by atoms with E-state index in [1.54, 1.807) is 4.68 Å². The SMILES string of the molecule is O=C(NCc1nnnn1-c1ccccc1)[C@@]12CCC(N3CCOCC3)C[C@H]1CCNC2. The summed E-state index contributed by atoms with van der Waals surface area (Å²) in [6.45, 7) is 5.73. The number of aromatic nitrogens is 4. The van der Waals surface area contributed by atoms with Gasteiger partial charge in [-0.2, -0.15) is 4.68 Å². The van der Waals surface area contributed by atoms with Crippen LogP contribution in [0.1, 0.15) is 31.5 Å². The Morgan fingerprint density at radius 3 is 2.90 bits per heavy atom. The number of morpholine rings is 1. The molecule has 31 heavy (non-hydrogen) atoms. The second kappa shape index (κ2) is 9.02. The maximum atomic E-state index is 13.5. The van der Waals surface area contributed by atoms with Crippen LogP contribution in [0.15, 0.2) is 30.3 Å². The zero-order valence-corrected chi connectivity index (χ0v) is 17.9. The Bertz CT molecular complexity index is 883. The van der Waals surface area contributed by atoms with Crippen molar-refractivity contribution in [3.8, 4) is 5.69 Å². The third-order valence-electron chi connectivity index (χ3n) is 7.33. The summed E-state index contributed by atoms with van der Waals surface area (Å²) in [4.78, 5) is 16.1. The Balaban J connectivity index is 1.27. The van der Waals surface area contributed by atoms with E-state index in [1.165, 1.54) is 0 Å². The third-order valence-corrected chi connectivity index (χ3v) is 7.33. The van der Waals surface area contributed by atoms with Gasteiger partial charge in [-0.15, -0.1) is 5.10 Å². The van der Waals surface area contributed by atoms with Gasteiger partial charge in [0.25, 0.3) is 0 Å². The number of carbonyl (C=O) groups is 1. The quantitative estimate of drug-likeness (QED) is 0.730. The Morgan fingerprint density at radius 1 is 1.23 bits per heavy atom. The van der Waals surface area contributed by atoms with Crippen LogP contribution < -0.4 is 10.6 Å². The van der Waals surface area contributed by atoms with Crippen molar-refractivity contribution >= 4 is 5.91 Å². The lowest BCUT2D eigenvalue weighted by Crippen LogP contribution is -2.60. The first-order valence-corrected chi connectivity index (χ1v) is 11.4. The largest absolute Gasteiger partial charge is 0.379 e. The second-order valence-electron chi connectivity index (χ2n) is 8.92. The Morgan fingerprint density at radius 2 is 2.06 bits per heavy atom. The number of amides is 1. The third kappa shape index (κ3) is 4.09. The lowest BCUT2D eigenvalue weighted by Gasteiger charge is -2.50. The van der Waals surface area contributed by atoms with Crippen molar-refractivity contribution in [3.05, 3.63) is 36.2 Å². The molecular formula is C22H31N7O2. The highest BCUT2D eigenvalue weighted by molar-refractivity contribution is 5.83. The molecule has 9 heteroatoms. The van der Waals surface area contributed by atoms with Gasteiger partial charge in [-0.3, -0.25) is 9.69 Å². The van der Waals surface area contributed by atoms with E-state index in [0.717, 1.165) is 70.8 Å².